The fraction of sp³-hybridized carbons (Fsp3) is 0. The molecule has 250 valence electrons. The van der Waals surface area contributed by atoms with Gasteiger partial charge in [0.1, 0.15) is 11.2 Å². The van der Waals surface area contributed by atoms with Gasteiger partial charge in [-0.25, -0.2) is 0 Å². The lowest BCUT2D eigenvalue weighted by Crippen LogP contribution is -1.90. The fourth-order valence-electron chi connectivity index (χ4n) is 8.93. The Morgan fingerprint density at radius 3 is 1.59 bits per heavy atom. The molecule has 0 aliphatic carbocycles. The number of hydrogen-bond acceptors (Lipinski definition) is 2. The second-order valence-corrected chi connectivity index (χ2v) is 15.5. The van der Waals surface area contributed by atoms with E-state index in [1.165, 1.54) is 107 Å². The molecule has 2 heteroatoms. The maximum Gasteiger partial charge on any atom is 0.136 e. The quantitative estimate of drug-likeness (QED) is 0.167. The molecule has 1 nitrogen and oxygen atoms in total. The minimum Gasteiger partial charge on any atom is -0.456 e. The highest BCUT2D eigenvalue weighted by molar-refractivity contribution is 7.25. The van der Waals surface area contributed by atoms with Crippen LogP contribution in [0.4, 0.5) is 0 Å². The number of fused-ring (bicyclic) bond motifs is 11. The van der Waals surface area contributed by atoms with E-state index < -0.39 is 0 Å². The second kappa shape index (κ2) is 11.4. The van der Waals surface area contributed by atoms with Crippen LogP contribution in [0.15, 0.2) is 186 Å². The maximum absolute atomic E-state index is 6.47. The molecule has 2 heterocycles. The number of hydrogen-bond donors (Lipinski definition) is 0. The minimum absolute atomic E-state index is 0.940. The summed E-state index contributed by atoms with van der Waals surface area (Å²) in [5.41, 5.74) is 9.38. The molecule has 0 spiro atoms. The molecule has 0 radical (unpaired) electrons. The van der Waals surface area contributed by atoms with Crippen molar-refractivity contribution in [2.45, 2.75) is 0 Å². The Kier molecular flexibility index (Phi) is 6.28. The zero-order valence-electron chi connectivity index (χ0n) is 29.1. The van der Waals surface area contributed by atoms with Crippen molar-refractivity contribution in [3.05, 3.63) is 182 Å². The normalized spacial score (nSPS) is 12.1. The summed E-state index contributed by atoms with van der Waals surface area (Å²) in [7, 11) is 0. The van der Waals surface area contributed by atoms with Crippen LogP contribution in [-0.4, -0.2) is 0 Å². The molecule has 0 N–H and O–H groups in total. The van der Waals surface area contributed by atoms with Crippen molar-refractivity contribution in [2.75, 3.05) is 0 Å². The summed E-state index contributed by atoms with van der Waals surface area (Å²) in [6, 6.07) is 66.8. The van der Waals surface area contributed by atoms with Crippen LogP contribution >= 0.6 is 11.3 Å². The summed E-state index contributed by atoms with van der Waals surface area (Å²) >= 11 is 1.86. The highest BCUT2D eigenvalue weighted by Gasteiger charge is 2.18. The molecule has 0 fully saturated rings. The summed E-state index contributed by atoms with van der Waals surface area (Å²) in [6.07, 6.45) is 0. The zero-order valence-corrected chi connectivity index (χ0v) is 30.0. The van der Waals surface area contributed by atoms with E-state index in [4.69, 9.17) is 4.42 Å². The Labute approximate surface area is 314 Å². The van der Waals surface area contributed by atoms with Crippen LogP contribution in [0.25, 0.3) is 119 Å². The standard InChI is InChI=1S/C52H30OS/c1-2-11-32(12-3-1)50-39-14-6-8-16-41(39)51(42-17-9-7-15-40(42)50)37-21-20-33-26-34(18-19-35(33)27-37)36-23-25-48-43(28-36)44-29-47-45(30-49(44)54-48)52-38-13-5-4-10-31(38)22-24-46(52)53-47/h1-30H. The molecule has 12 rings (SSSR count). The molecule has 0 aliphatic heterocycles. The number of furan rings is 1. The number of thiophene rings is 1. The molecule has 0 saturated heterocycles. The summed E-state index contributed by atoms with van der Waals surface area (Å²) < 4.78 is 9.05. The van der Waals surface area contributed by atoms with Crippen LogP contribution in [0.3, 0.4) is 0 Å². The first-order chi connectivity index (χ1) is 26.7. The molecular formula is C52H30OS. The second-order valence-electron chi connectivity index (χ2n) is 14.4. The van der Waals surface area contributed by atoms with Gasteiger partial charge in [0.25, 0.3) is 0 Å². The monoisotopic (exact) mass is 702 g/mol. The van der Waals surface area contributed by atoms with Gasteiger partial charge in [-0.1, -0.05) is 140 Å². The van der Waals surface area contributed by atoms with Gasteiger partial charge < -0.3 is 4.42 Å². The summed E-state index contributed by atoms with van der Waals surface area (Å²) in [5, 5.41) is 14.9. The van der Waals surface area contributed by atoms with Gasteiger partial charge in [-0.05, 0) is 119 Å². The van der Waals surface area contributed by atoms with Gasteiger partial charge in [-0.3, -0.25) is 0 Å². The molecule has 10 aromatic carbocycles. The Balaban J connectivity index is 0.979. The molecule has 0 amide bonds. The minimum atomic E-state index is 0.940. The Hall–Kier alpha value is -6.74. The van der Waals surface area contributed by atoms with Crippen molar-refractivity contribution in [3.8, 4) is 33.4 Å². The van der Waals surface area contributed by atoms with Gasteiger partial charge in [0.05, 0.1) is 0 Å². The van der Waals surface area contributed by atoms with Crippen LogP contribution in [-0.2, 0) is 0 Å². The van der Waals surface area contributed by atoms with E-state index in [0.29, 0.717) is 0 Å². The summed E-state index contributed by atoms with van der Waals surface area (Å²) in [5.74, 6) is 0. The van der Waals surface area contributed by atoms with Gasteiger partial charge >= 0.3 is 0 Å². The van der Waals surface area contributed by atoms with E-state index >= 15 is 0 Å². The molecule has 0 aliphatic rings. The third-order valence-corrected chi connectivity index (χ3v) is 12.5. The third-order valence-electron chi connectivity index (χ3n) is 11.4. The first kappa shape index (κ1) is 29.8. The molecule has 12 aromatic rings. The molecule has 54 heavy (non-hydrogen) atoms. The first-order valence-corrected chi connectivity index (χ1v) is 19.3. The van der Waals surface area contributed by atoms with Gasteiger partial charge in [-0.15, -0.1) is 11.3 Å². The van der Waals surface area contributed by atoms with Crippen LogP contribution in [0, 0.1) is 0 Å². The van der Waals surface area contributed by atoms with Crippen molar-refractivity contribution in [1.29, 1.82) is 0 Å². The maximum atomic E-state index is 6.47. The lowest BCUT2D eigenvalue weighted by atomic mass is 9.85. The molecule has 2 aromatic heterocycles. The zero-order chi connectivity index (χ0) is 35.3. The van der Waals surface area contributed by atoms with E-state index in [9.17, 15) is 0 Å². The lowest BCUT2D eigenvalue weighted by Gasteiger charge is -2.18. The highest BCUT2D eigenvalue weighted by atomic mass is 32.1. The summed E-state index contributed by atoms with van der Waals surface area (Å²) in [4.78, 5) is 0. The third kappa shape index (κ3) is 4.38. The SMILES string of the molecule is c1ccc(-c2c3ccccc3c(-c3ccc4cc(-c5ccc6sc7cc8c(cc7c6c5)oc5ccc6ccccc6c58)ccc4c3)c3ccccc23)cc1. The number of rotatable bonds is 3. The average Bonchev–Trinajstić information content (AvgIpc) is 3.78. The fourth-order valence-corrected chi connectivity index (χ4v) is 10.0. The van der Waals surface area contributed by atoms with Gasteiger partial charge in [0.15, 0.2) is 0 Å². The van der Waals surface area contributed by atoms with E-state index in [-0.39, 0.29) is 0 Å². The molecule has 0 unspecified atom stereocenters. The van der Waals surface area contributed by atoms with E-state index in [2.05, 4.69) is 182 Å². The molecular weight excluding hydrogens is 673 g/mol. The van der Waals surface area contributed by atoms with Crippen LogP contribution in [0.2, 0.25) is 0 Å². The van der Waals surface area contributed by atoms with Crippen LogP contribution < -0.4 is 0 Å². The number of benzene rings is 10. The topological polar surface area (TPSA) is 13.1 Å². The lowest BCUT2D eigenvalue weighted by molar-refractivity contribution is 0.670. The Bertz CT molecular complexity index is 3440. The van der Waals surface area contributed by atoms with Gasteiger partial charge in [0.2, 0.25) is 0 Å². The summed E-state index contributed by atoms with van der Waals surface area (Å²) in [6.45, 7) is 0. The van der Waals surface area contributed by atoms with Crippen molar-refractivity contribution in [2.24, 2.45) is 0 Å². The molecule has 0 bridgehead atoms. The Morgan fingerprint density at radius 1 is 0.296 bits per heavy atom. The predicted molar refractivity (Wildman–Crippen MR) is 233 cm³/mol. The van der Waals surface area contributed by atoms with E-state index in [1.807, 2.05) is 11.3 Å². The highest BCUT2D eigenvalue weighted by Crippen LogP contribution is 2.45. The van der Waals surface area contributed by atoms with Crippen molar-refractivity contribution in [3.63, 3.8) is 0 Å². The molecule has 0 saturated carbocycles. The predicted octanol–water partition coefficient (Wildman–Crippen LogP) is 15.6. The van der Waals surface area contributed by atoms with E-state index in [0.717, 1.165) is 11.2 Å². The van der Waals surface area contributed by atoms with Crippen LogP contribution in [0.5, 0.6) is 0 Å². The van der Waals surface area contributed by atoms with Crippen LogP contribution in [0.1, 0.15) is 0 Å². The smallest absolute Gasteiger partial charge is 0.136 e. The van der Waals surface area contributed by atoms with E-state index in [1.54, 1.807) is 0 Å². The largest absolute Gasteiger partial charge is 0.456 e. The van der Waals surface area contributed by atoms with Crippen molar-refractivity contribution >= 4 is 96.5 Å². The van der Waals surface area contributed by atoms with Gasteiger partial charge in [-0.2, -0.15) is 0 Å². The van der Waals surface area contributed by atoms with Gasteiger partial charge in [0, 0.05) is 30.9 Å². The van der Waals surface area contributed by atoms with Crippen molar-refractivity contribution in [1.82, 2.24) is 0 Å². The molecule has 0 atom stereocenters. The average molecular weight is 703 g/mol. The first-order valence-electron chi connectivity index (χ1n) is 18.5. The Morgan fingerprint density at radius 2 is 0.852 bits per heavy atom. The van der Waals surface area contributed by atoms with Crippen molar-refractivity contribution < 1.29 is 4.42 Å².